The molecule has 2 aliphatic rings. The summed E-state index contributed by atoms with van der Waals surface area (Å²) in [5.74, 6) is 0.678. The van der Waals surface area contributed by atoms with E-state index in [-0.39, 0.29) is 17.4 Å². The van der Waals surface area contributed by atoms with Gasteiger partial charge in [0, 0.05) is 11.6 Å². The van der Waals surface area contributed by atoms with Crippen LogP contribution in [0.3, 0.4) is 0 Å². The Morgan fingerprint density at radius 3 is 2.70 bits per heavy atom. The first-order valence-corrected chi connectivity index (χ1v) is 6.78. The minimum absolute atomic E-state index is 0.0770. The molecule has 20 heavy (non-hydrogen) atoms. The van der Waals surface area contributed by atoms with E-state index in [0.717, 1.165) is 25.5 Å². The number of nitrogens with one attached hydrogen (secondary N) is 1. The normalized spacial score (nSPS) is 22.1. The highest BCUT2D eigenvalue weighted by molar-refractivity contribution is 5.52. The molecule has 0 amide bonds. The summed E-state index contributed by atoms with van der Waals surface area (Å²) in [6.45, 7) is 1.53. The second-order valence-corrected chi connectivity index (χ2v) is 5.11. The van der Waals surface area contributed by atoms with Crippen LogP contribution in [0.15, 0.2) is 12.1 Å². The first-order chi connectivity index (χ1) is 9.55. The van der Waals surface area contributed by atoms with Gasteiger partial charge in [-0.05, 0) is 37.9 Å². The van der Waals surface area contributed by atoms with Crippen molar-refractivity contribution in [1.29, 1.82) is 0 Å². The zero-order valence-electron chi connectivity index (χ0n) is 10.9. The van der Waals surface area contributed by atoms with Crippen molar-refractivity contribution in [2.45, 2.75) is 31.5 Å². The van der Waals surface area contributed by atoms with Crippen molar-refractivity contribution in [2.75, 3.05) is 19.8 Å². The largest absolute Gasteiger partial charge is 0.486 e. The Morgan fingerprint density at radius 2 is 2.00 bits per heavy atom. The molecule has 0 bridgehead atoms. The molecule has 0 saturated carbocycles. The summed E-state index contributed by atoms with van der Waals surface area (Å²) in [6, 6.07) is 2.52. The van der Waals surface area contributed by atoms with Crippen molar-refractivity contribution in [3.63, 3.8) is 0 Å². The molecular weight excluding hydrogens is 271 g/mol. The van der Waals surface area contributed by atoms with Crippen LogP contribution in [0.5, 0.6) is 11.5 Å². The van der Waals surface area contributed by atoms with Crippen molar-refractivity contribution in [2.24, 2.45) is 0 Å². The lowest BCUT2D eigenvalue weighted by Gasteiger charge is -2.25. The first kappa shape index (κ1) is 13.5. The van der Waals surface area contributed by atoms with Crippen LogP contribution in [-0.4, -0.2) is 25.8 Å². The Hall–Kier alpha value is -1.43. The van der Waals surface area contributed by atoms with Crippen LogP contribution in [-0.2, 0) is 12.6 Å². The van der Waals surface area contributed by atoms with Crippen LogP contribution in [0.25, 0.3) is 0 Å². The summed E-state index contributed by atoms with van der Waals surface area (Å²) in [7, 11) is 0. The van der Waals surface area contributed by atoms with E-state index in [9.17, 15) is 13.2 Å². The summed E-state index contributed by atoms with van der Waals surface area (Å²) in [4.78, 5) is 0. The lowest BCUT2D eigenvalue weighted by atomic mass is 9.97. The third kappa shape index (κ3) is 2.57. The molecule has 6 heteroatoms. The summed E-state index contributed by atoms with van der Waals surface area (Å²) in [5, 5.41) is 3.23. The van der Waals surface area contributed by atoms with Gasteiger partial charge in [-0.1, -0.05) is 0 Å². The zero-order valence-corrected chi connectivity index (χ0v) is 10.9. The molecule has 0 radical (unpaired) electrons. The fraction of sp³-hybridized carbons (Fsp3) is 0.571. The number of benzene rings is 1. The van der Waals surface area contributed by atoms with Gasteiger partial charge in [-0.3, -0.25) is 0 Å². The maximum Gasteiger partial charge on any atom is 0.416 e. The number of ether oxygens (including phenoxy) is 2. The van der Waals surface area contributed by atoms with E-state index in [1.54, 1.807) is 0 Å². The average molecular weight is 287 g/mol. The lowest BCUT2D eigenvalue weighted by Crippen LogP contribution is -2.27. The van der Waals surface area contributed by atoms with E-state index in [4.69, 9.17) is 9.47 Å². The first-order valence-electron chi connectivity index (χ1n) is 6.78. The van der Waals surface area contributed by atoms with Gasteiger partial charge in [-0.2, -0.15) is 13.2 Å². The van der Waals surface area contributed by atoms with Gasteiger partial charge < -0.3 is 14.8 Å². The quantitative estimate of drug-likeness (QED) is 0.907. The van der Waals surface area contributed by atoms with Crippen LogP contribution in [0.4, 0.5) is 13.2 Å². The third-order valence-electron chi connectivity index (χ3n) is 3.73. The van der Waals surface area contributed by atoms with E-state index in [1.165, 1.54) is 6.07 Å². The standard InChI is InChI=1S/C14H16F3NO2/c15-14(16,17)11-3-4-12-13(20-7-6-19-12)10(11)8-9-2-1-5-18-9/h3-4,9,18H,1-2,5-8H2. The highest BCUT2D eigenvalue weighted by Crippen LogP contribution is 2.43. The number of hydrogen-bond donors (Lipinski definition) is 1. The minimum Gasteiger partial charge on any atom is -0.486 e. The van der Waals surface area contributed by atoms with Gasteiger partial charge >= 0.3 is 6.18 Å². The predicted molar refractivity (Wildman–Crippen MR) is 67.2 cm³/mol. The Morgan fingerprint density at radius 1 is 1.20 bits per heavy atom. The highest BCUT2D eigenvalue weighted by Gasteiger charge is 2.37. The number of alkyl halides is 3. The molecule has 1 saturated heterocycles. The summed E-state index contributed by atoms with van der Waals surface area (Å²) < 4.78 is 50.4. The Bertz CT molecular complexity index is 496. The summed E-state index contributed by atoms with van der Waals surface area (Å²) in [5.41, 5.74) is -0.399. The molecule has 0 aromatic heterocycles. The minimum atomic E-state index is -4.37. The maximum atomic E-state index is 13.2. The van der Waals surface area contributed by atoms with Crippen LogP contribution in [0, 0.1) is 0 Å². The molecular formula is C14H16F3NO2. The van der Waals surface area contributed by atoms with Gasteiger partial charge in [0.15, 0.2) is 11.5 Å². The fourth-order valence-corrected chi connectivity index (χ4v) is 2.82. The third-order valence-corrected chi connectivity index (χ3v) is 3.73. The van der Waals surface area contributed by atoms with Gasteiger partial charge in [0.2, 0.25) is 0 Å². The molecule has 3 rings (SSSR count). The van der Waals surface area contributed by atoms with Crippen LogP contribution < -0.4 is 14.8 Å². The number of hydrogen-bond acceptors (Lipinski definition) is 3. The lowest BCUT2D eigenvalue weighted by molar-refractivity contribution is -0.138. The summed E-state index contributed by atoms with van der Waals surface area (Å²) in [6.07, 6.45) is -2.16. The molecule has 1 fully saturated rings. The van der Waals surface area contributed by atoms with E-state index >= 15 is 0 Å². The topological polar surface area (TPSA) is 30.5 Å². The van der Waals surface area contributed by atoms with E-state index in [1.807, 2.05) is 0 Å². The Labute approximate surface area is 115 Å². The molecule has 2 heterocycles. The Kier molecular flexibility index (Phi) is 3.50. The van der Waals surface area contributed by atoms with Gasteiger partial charge in [-0.25, -0.2) is 0 Å². The van der Waals surface area contributed by atoms with Gasteiger partial charge in [0.05, 0.1) is 5.56 Å². The van der Waals surface area contributed by atoms with E-state index in [0.29, 0.717) is 25.4 Å². The smallest absolute Gasteiger partial charge is 0.416 e. The molecule has 2 aliphatic heterocycles. The van der Waals surface area contributed by atoms with Crippen molar-refractivity contribution in [1.82, 2.24) is 5.32 Å². The monoisotopic (exact) mass is 287 g/mol. The number of fused-ring (bicyclic) bond motifs is 1. The highest BCUT2D eigenvalue weighted by atomic mass is 19.4. The molecule has 1 N–H and O–H groups in total. The molecule has 110 valence electrons. The van der Waals surface area contributed by atoms with Crippen LogP contribution in [0.1, 0.15) is 24.0 Å². The van der Waals surface area contributed by atoms with E-state index in [2.05, 4.69) is 5.32 Å². The van der Waals surface area contributed by atoms with Crippen LogP contribution in [0.2, 0.25) is 0 Å². The Balaban J connectivity index is 2.01. The molecule has 1 atom stereocenters. The zero-order chi connectivity index (χ0) is 14.2. The average Bonchev–Trinajstić information content (AvgIpc) is 2.90. The van der Waals surface area contributed by atoms with Crippen molar-refractivity contribution in [3.05, 3.63) is 23.3 Å². The van der Waals surface area contributed by atoms with Gasteiger partial charge in [0.1, 0.15) is 13.2 Å². The van der Waals surface area contributed by atoms with Crippen molar-refractivity contribution in [3.8, 4) is 11.5 Å². The molecule has 1 aromatic rings. The van der Waals surface area contributed by atoms with Gasteiger partial charge in [0.25, 0.3) is 0 Å². The summed E-state index contributed by atoms with van der Waals surface area (Å²) >= 11 is 0. The molecule has 0 spiro atoms. The van der Waals surface area contributed by atoms with Crippen molar-refractivity contribution < 1.29 is 22.6 Å². The molecule has 1 aromatic carbocycles. The van der Waals surface area contributed by atoms with E-state index < -0.39 is 11.7 Å². The SMILES string of the molecule is FC(F)(F)c1ccc2c(c1CC1CCCN1)OCCO2. The van der Waals surface area contributed by atoms with Gasteiger partial charge in [-0.15, -0.1) is 0 Å². The molecule has 1 unspecified atom stereocenters. The predicted octanol–water partition coefficient (Wildman–Crippen LogP) is 2.77. The van der Waals surface area contributed by atoms with Crippen molar-refractivity contribution >= 4 is 0 Å². The number of halogens is 3. The fourth-order valence-electron chi connectivity index (χ4n) is 2.82. The van der Waals surface area contributed by atoms with Crippen LogP contribution >= 0.6 is 0 Å². The second kappa shape index (κ2) is 5.16. The molecule has 0 aliphatic carbocycles. The maximum absolute atomic E-state index is 13.2. The molecule has 3 nitrogen and oxygen atoms in total. The number of rotatable bonds is 2. The second-order valence-electron chi connectivity index (χ2n) is 5.11.